The molecule has 0 saturated heterocycles. The predicted molar refractivity (Wildman–Crippen MR) is 79.5 cm³/mol. The molecule has 0 aliphatic carbocycles. The number of nitrogens with two attached hydrogens (primary N) is 1. The van der Waals surface area contributed by atoms with Gasteiger partial charge >= 0.3 is 0 Å². The molecule has 100 valence electrons. The first-order valence-corrected chi connectivity index (χ1v) is 6.86. The Morgan fingerprint density at radius 1 is 1.21 bits per heavy atom. The molecule has 0 amide bonds. The highest BCUT2D eigenvalue weighted by molar-refractivity contribution is 9.10. The van der Waals surface area contributed by atoms with E-state index in [4.69, 9.17) is 17.4 Å². The van der Waals surface area contributed by atoms with Gasteiger partial charge in [0.1, 0.15) is 5.82 Å². The van der Waals surface area contributed by atoms with E-state index < -0.39 is 0 Å². The highest BCUT2D eigenvalue weighted by atomic mass is 79.9. The lowest BCUT2D eigenvalue weighted by molar-refractivity contribution is 0.604. The maximum Gasteiger partial charge on any atom is 0.124 e. The van der Waals surface area contributed by atoms with Crippen molar-refractivity contribution >= 4 is 27.5 Å². The van der Waals surface area contributed by atoms with Crippen LogP contribution < -0.4 is 11.3 Å². The zero-order valence-electron chi connectivity index (χ0n) is 10.3. The van der Waals surface area contributed by atoms with Crippen molar-refractivity contribution in [3.05, 3.63) is 68.4 Å². The third-order valence-electron chi connectivity index (χ3n) is 2.91. The zero-order chi connectivity index (χ0) is 14.0. The van der Waals surface area contributed by atoms with Gasteiger partial charge in [0.25, 0.3) is 0 Å². The molecular weight excluding hydrogens is 331 g/mol. The lowest BCUT2D eigenvalue weighted by atomic mass is 9.98. The van der Waals surface area contributed by atoms with Gasteiger partial charge in [0.2, 0.25) is 0 Å². The summed E-state index contributed by atoms with van der Waals surface area (Å²) in [7, 11) is 0. The normalized spacial score (nSPS) is 12.5. The molecule has 2 aromatic carbocycles. The van der Waals surface area contributed by atoms with E-state index in [1.807, 2.05) is 31.2 Å². The van der Waals surface area contributed by atoms with Crippen LogP contribution in [0.3, 0.4) is 0 Å². The van der Waals surface area contributed by atoms with Gasteiger partial charge in [0, 0.05) is 9.50 Å². The summed E-state index contributed by atoms with van der Waals surface area (Å²) in [4.78, 5) is 0. The monoisotopic (exact) mass is 342 g/mol. The highest BCUT2D eigenvalue weighted by Crippen LogP contribution is 2.28. The van der Waals surface area contributed by atoms with Crippen LogP contribution in [0.2, 0.25) is 5.02 Å². The van der Waals surface area contributed by atoms with Crippen LogP contribution in [0.1, 0.15) is 22.7 Å². The molecule has 0 aliphatic heterocycles. The summed E-state index contributed by atoms with van der Waals surface area (Å²) in [5, 5.41) is 0.660. The molecule has 5 heteroatoms. The SMILES string of the molecule is Cc1ccc(C(NN)c2cc(F)cc(Br)c2)cc1Cl. The van der Waals surface area contributed by atoms with E-state index in [0.29, 0.717) is 9.50 Å². The molecule has 0 fully saturated rings. The molecule has 0 aromatic heterocycles. The van der Waals surface area contributed by atoms with E-state index in [-0.39, 0.29) is 11.9 Å². The number of aryl methyl sites for hydroxylation is 1. The maximum atomic E-state index is 13.5. The number of halogens is 3. The standard InChI is InChI=1S/C14H13BrClFN2/c1-8-2-3-9(6-13(8)16)14(19-18)10-4-11(15)7-12(17)5-10/h2-7,14,19H,18H2,1H3. The predicted octanol–water partition coefficient (Wildman–Crippen LogP) is 4.10. The van der Waals surface area contributed by atoms with Gasteiger partial charge in [0.05, 0.1) is 6.04 Å². The molecule has 2 rings (SSSR count). The second kappa shape index (κ2) is 6.01. The van der Waals surface area contributed by atoms with Crippen LogP contribution in [0.4, 0.5) is 4.39 Å². The van der Waals surface area contributed by atoms with Crippen LogP contribution in [0.5, 0.6) is 0 Å². The van der Waals surface area contributed by atoms with Crippen LogP contribution in [0, 0.1) is 12.7 Å². The van der Waals surface area contributed by atoms with Gasteiger partial charge in [0.15, 0.2) is 0 Å². The molecule has 0 radical (unpaired) electrons. The molecule has 0 saturated carbocycles. The molecule has 3 N–H and O–H groups in total. The van der Waals surface area contributed by atoms with Crippen molar-refractivity contribution in [2.75, 3.05) is 0 Å². The van der Waals surface area contributed by atoms with E-state index in [9.17, 15) is 4.39 Å². The molecule has 1 unspecified atom stereocenters. The van der Waals surface area contributed by atoms with Crippen LogP contribution >= 0.6 is 27.5 Å². The third-order valence-corrected chi connectivity index (χ3v) is 3.78. The first-order chi connectivity index (χ1) is 9.01. The lowest BCUT2D eigenvalue weighted by Gasteiger charge is -2.18. The summed E-state index contributed by atoms with van der Waals surface area (Å²) >= 11 is 9.39. The Kier molecular flexibility index (Phi) is 4.58. The minimum Gasteiger partial charge on any atom is -0.271 e. The summed E-state index contributed by atoms with van der Waals surface area (Å²) in [6.07, 6.45) is 0. The van der Waals surface area contributed by atoms with Crippen LogP contribution in [0.15, 0.2) is 40.9 Å². The van der Waals surface area contributed by atoms with E-state index >= 15 is 0 Å². The van der Waals surface area contributed by atoms with Crippen molar-refractivity contribution in [1.29, 1.82) is 0 Å². The van der Waals surface area contributed by atoms with Gasteiger partial charge in [-0.1, -0.05) is 39.7 Å². The number of hydrogen-bond donors (Lipinski definition) is 2. The summed E-state index contributed by atoms with van der Waals surface area (Å²) < 4.78 is 14.1. The Morgan fingerprint density at radius 3 is 2.53 bits per heavy atom. The molecule has 2 aromatic rings. The van der Waals surface area contributed by atoms with Crippen molar-refractivity contribution < 1.29 is 4.39 Å². The Balaban J connectivity index is 2.46. The lowest BCUT2D eigenvalue weighted by Crippen LogP contribution is -2.29. The summed E-state index contributed by atoms with van der Waals surface area (Å²) in [5.41, 5.74) is 5.29. The maximum absolute atomic E-state index is 13.5. The number of hydrogen-bond acceptors (Lipinski definition) is 2. The van der Waals surface area contributed by atoms with Crippen LogP contribution in [-0.2, 0) is 0 Å². The minimum atomic E-state index is -0.317. The fourth-order valence-electron chi connectivity index (χ4n) is 1.92. The molecule has 0 heterocycles. The molecule has 0 bridgehead atoms. The van der Waals surface area contributed by atoms with Gasteiger partial charge < -0.3 is 0 Å². The Bertz CT molecular complexity index is 584. The first-order valence-electron chi connectivity index (χ1n) is 5.69. The summed E-state index contributed by atoms with van der Waals surface area (Å²) in [6, 6.07) is 10.0. The largest absolute Gasteiger partial charge is 0.271 e. The van der Waals surface area contributed by atoms with Crippen molar-refractivity contribution in [2.45, 2.75) is 13.0 Å². The molecule has 2 nitrogen and oxygen atoms in total. The third kappa shape index (κ3) is 3.34. The van der Waals surface area contributed by atoms with Gasteiger partial charge in [-0.2, -0.15) is 0 Å². The Labute approximate surface area is 124 Å². The number of hydrazine groups is 1. The van der Waals surface area contributed by atoms with E-state index in [0.717, 1.165) is 16.7 Å². The number of benzene rings is 2. The average molecular weight is 344 g/mol. The second-order valence-corrected chi connectivity index (χ2v) is 5.63. The zero-order valence-corrected chi connectivity index (χ0v) is 12.6. The summed E-state index contributed by atoms with van der Waals surface area (Å²) in [6.45, 7) is 1.93. The van der Waals surface area contributed by atoms with Gasteiger partial charge in [-0.05, 0) is 47.9 Å². The summed E-state index contributed by atoms with van der Waals surface area (Å²) in [5.74, 6) is 5.28. The van der Waals surface area contributed by atoms with Crippen LogP contribution in [-0.4, -0.2) is 0 Å². The molecule has 0 aliphatic rings. The number of rotatable bonds is 3. The van der Waals surface area contributed by atoms with Crippen molar-refractivity contribution in [3.8, 4) is 0 Å². The van der Waals surface area contributed by atoms with E-state index in [2.05, 4.69) is 21.4 Å². The van der Waals surface area contributed by atoms with Crippen molar-refractivity contribution in [3.63, 3.8) is 0 Å². The molecular formula is C14H13BrClFN2. The first kappa shape index (κ1) is 14.5. The fourth-order valence-corrected chi connectivity index (χ4v) is 2.59. The van der Waals surface area contributed by atoms with Gasteiger partial charge in [-0.25, -0.2) is 9.82 Å². The average Bonchev–Trinajstić information content (AvgIpc) is 2.33. The van der Waals surface area contributed by atoms with Crippen molar-refractivity contribution in [2.24, 2.45) is 5.84 Å². The van der Waals surface area contributed by atoms with Crippen molar-refractivity contribution in [1.82, 2.24) is 5.43 Å². The van der Waals surface area contributed by atoms with Gasteiger partial charge in [-0.3, -0.25) is 5.84 Å². The molecule has 1 atom stereocenters. The fraction of sp³-hybridized carbons (Fsp3) is 0.143. The molecule has 0 spiro atoms. The molecule has 19 heavy (non-hydrogen) atoms. The Hall–Kier alpha value is -0.940. The minimum absolute atomic E-state index is 0.315. The van der Waals surface area contributed by atoms with Gasteiger partial charge in [-0.15, -0.1) is 0 Å². The van der Waals surface area contributed by atoms with E-state index in [1.165, 1.54) is 12.1 Å². The topological polar surface area (TPSA) is 38.0 Å². The van der Waals surface area contributed by atoms with Crippen LogP contribution in [0.25, 0.3) is 0 Å². The quantitative estimate of drug-likeness (QED) is 0.650. The second-order valence-electron chi connectivity index (χ2n) is 4.31. The number of nitrogens with one attached hydrogen (secondary N) is 1. The Morgan fingerprint density at radius 2 is 1.95 bits per heavy atom. The highest BCUT2D eigenvalue weighted by Gasteiger charge is 2.15. The smallest absolute Gasteiger partial charge is 0.124 e. The van der Waals surface area contributed by atoms with E-state index in [1.54, 1.807) is 0 Å².